The monoisotopic (exact) mass is 267 g/mol. The fraction of sp³-hybridized carbons (Fsp3) is 0.600. The molecule has 1 aliphatic heterocycles. The number of aliphatic hydroxyl groups excluding tert-OH is 1. The van der Waals surface area contributed by atoms with Crippen LogP contribution in [0.15, 0.2) is 18.2 Å². The van der Waals surface area contributed by atoms with Gasteiger partial charge in [0.25, 0.3) is 0 Å². The Labute approximate surface area is 114 Å². The lowest BCUT2D eigenvalue weighted by Crippen LogP contribution is -2.39. The van der Waals surface area contributed by atoms with Crippen LogP contribution in [-0.2, 0) is 6.54 Å². The van der Waals surface area contributed by atoms with Gasteiger partial charge in [-0.25, -0.2) is 4.39 Å². The molecule has 106 valence electrons. The first-order chi connectivity index (χ1) is 9.24. The molecule has 1 aliphatic rings. The standard InChI is InChI=1S/C15H22FNO2/c1-19-15-6-5-12(10-14(15)16)11-17-8-3-2-4-13(17)7-9-18/h5-6,10,13,18H,2-4,7-9,11H2,1H3. The van der Waals surface area contributed by atoms with Crippen molar-refractivity contribution >= 4 is 0 Å². The Morgan fingerprint density at radius 3 is 2.95 bits per heavy atom. The third kappa shape index (κ3) is 3.67. The highest BCUT2D eigenvalue weighted by molar-refractivity contribution is 5.29. The van der Waals surface area contributed by atoms with Crippen molar-refractivity contribution in [2.75, 3.05) is 20.3 Å². The van der Waals surface area contributed by atoms with Gasteiger partial charge in [-0.05, 0) is 43.5 Å². The van der Waals surface area contributed by atoms with Crippen molar-refractivity contribution in [3.05, 3.63) is 29.6 Å². The maximum Gasteiger partial charge on any atom is 0.165 e. The Hall–Kier alpha value is -1.13. The summed E-state index contributed by atoms with van der Waals surface area (Å²) in [6.07, 6.45) is 4.33. The number of hydrogen-bond acceptors (Lipinski definition) is 3. The molecule has 2 rings (SSSR count). The third-order valence-corrected chi connectivity index (χ3v) is 3.81. The van der Waals surface area contributed by atoms with E-state index in [1.807, 2.05) is 6.07 Å². The van der Waals surface area contributed by atoms with Crippen molar-refractivity contribution in [3.8, 4) is 5.75 Å². The van der Waals surface area contributed by atoms with Gasteiger partial charge >= 0.3 is 0 Å². The molecule has 1 aromatic rings. The van der Waals surface area contributed by atoms with Gasteiger partial charge in [-0.15, -0.1) is 0 Å². The number of halogens is 1. The van der Waals surface area contributed by atoms with Crippen LogP contribution in [0.3, 0.4) is 0 Å². The van der Waals surface area contributed by atoms with E-state index in [0.717, 1.165) is 31.5 Å². The number of piperidine rings is 1. The summed E-state index contributed by atoms with van der Waals surface area (Å²) in [5.41, 5.74) is 0.961. The van der Waals surface area contributed by atoms with E-state index in [1.165, 1.54) is 20.0 Å². The molecule has 0 aromatic heterocycles. The zero-order valence-electron chi connectivity index (χ0n) is 11.4. The van der Waals surface area contributed by atoms with Crippen molar-refractivity contribution in [1.82, 2.24) is 4.90 Å². The first-order valence-electron chi connectivity index (χ1n) is 6.92. The first-order valence-corrected chi connectivity index (χ1v) is 6.92. The van der Waals surface area contributed by atoms with E-state index in [-0.39, 0.29) is 18.2 Å². The van der Waals surface area contributed by atoms with Crippen molar-refractivity contribution in [2.45, 2.75) is 38.3 Å². The number of methoxy groups -OCH3 is 1. The summed E-state index contributed by atoms with van der Waals surface area (Å²) in [7, 11) is 1.47. The molecule has 1 N–H and O–H groups in total. The molecule has 0 radical (unpaired) electrons. The number of rotatable bonds is 5. The molecule has 3 nitrogen and oxygen atoms in total. The summed E-state index contributed by atoms with van der Waals surface area (Å²) in [6.45, 7) is 1.99. The van der Waals surface area contributed by atoms with Gasteiger partial charge in [0, 0.05) is 19.2 Å². The predicted molar refractivity (Wildman–Crippen MR) is 72.7 cm³/mol. The summed E-state index contributed by atoms with van der Waals surface area (Å²) >= 11 is 0. The lowest BCUT2D eigenvalue weighted by atomic mass is 9.99. The minimum Gasteiger partial charge on any atom is -0.494 e. The highest BCUT2D eigenvalue weighted by atomic mass is 19.1. The Balaban J connectivity index is 2.04. The predicted octanol–water partition coefficient (Wildman–Crippen LogP) is 2.57. The quantitative estimate of drug-likeness (QED) is 0.890. The molecule has 1 aromatic carbocycles. The van der Waals surface area contributed by atoms with Crippen LogP contribution < -0.4 is 4.74 Å². The minimum atomic E-state index is -0.310. The second-order valence-electron chi connectivity index (χ2n) is 5.10. The Morgan fingerprint density at radius 2 is 2.26 bits per heavy atom. The number of benzene rings is 1. The molecule has 1 unspecified atom stereocenters. The van der Waals surface area contributed by atoms with Crippen molar-refractivity contribution in [3.63, 3.8) is 0 Å². The van der Waals surface area contributed by atoms with Crippen LogP contribution in [-0.4, -0.2) is 36.3 Å². The Morgan fingerprint density at radius 1 is 1.42 bits per heavy atom. The topological polar surface area (TPSA) is 32.7 Å². The number of likely N-dealkylation sites (tertiary alicyclic amines) is 1. The van der Waals surface area contributed by atoms with Gasteiger partial charge in [0.05, 0.1) is 7.11 Å². The number of aliphatic hydroxyl groups is 1. The first kappa shape index (κ1) is 14.3. The van der Waals surface area contributed by atoms with Crippen LogP contribution in [0.4, 0.5) is 4.39 Å². The zero-order chi connectivity index (χ0) is 13.7. The second-order valence-corrected chi connectivity index (χ2v) is 5.10. The normalized spacial score (nSPS) is 20.5. The zero-order valence-corrected chi connectivity index (χ0v) is 11.4. The average molecular weight is 267 g/mol. The van der Waals surface area contributed by atoms with E-state index in [0.29, 0.717) is 6.04 Å². The molecule has 19 heavy (non-hydrogen) atoms. The van der Waals surface area contributed by atoms with Crippen molar-refractivity contribution < 1.29 is 14.2 Å². The third-order valence-electron chi connectivity index (χ3n) is 3.81. The van der Waals surface area contributed by atoms with Gasteiger partial charge in [0.15, 0.2) is 11.6 Å². The number of hydrogen-bond donors (Lipinski definition) is 1. The van der Waals surface area contributed by atoms with E-state index in [1.54, 1.807) is 12.1 Å². The molecule has 1 saturated heterocycles. The van der Waals surface area contributed by atoms with E-state index in [4.69, 9.17) is 9.84 Å². The largest absolute Gasteiger partial charge is 0.494 e. The Bertz CT molecular complexity index is 409. The van der Waals surface area contributed by atoms with E-state index >= 15 is 0 Å². The molecule has 0 aliphatic carbocycles. The molecule has 4 heteroatoms. The molecule has 0 bridgehead atoms. The number of ether oxygens (including phenoxy) is 1. The maximum atomic E-state index is 13.7. The summed E-state index contributed by atoms with van der Waals surface area (Å²) in [5, 5.41) is 9.11. The van der Waals surface area contributed by atoms with Crippen LogP contribution in [0.2, 0.25) is 0 Å². The van der Waals surface area contributed by atoms with E-state index in [2.05, 4.69) is 4.90 Å². The minimum absolute atomic E-state index is 0.220. The summed E-state index contributed by atoms with van der Waals surface area (Å²) in [4.78, 5) is 2.35. The smallest absolute Gasteiger partial charge is 0.165 e. The van der Waals surface area contributed by atoms with Gasteiger partial charge in [-0.2, -0.15) is 0 Å². The molecule has 0 saturated carbocycles. The average Bonchev–Trinajstić information content (AvgIpc) is 2.41. The summed E-state index contributed by atoms with van der Waals surface area (Å²) in [5.74, 6) is -0.0231. The van der Waals surface area contributed by atoms with Gasteiger partial charge < -0.3 is 9.84 Å². The van der Waals surface area contributed by atoms with Gasteiger partial charge in [-0.3, -0.25) is 4.90 Å². The van der Waals surface area contributed by atoms with Gasteiger partial charge in [-0.1, -0.05) is 12.5 Å². The highest BCUT2D eigenvalue weighted by Crippen LogP contribution is 2.24. The van der Waals surface area contributed by atoms with Crippen LogP contribution in [0.1, 0.15) is 31.2 Å². The number of nitrogens with zero attached hydrogens (tertiary/aromatic N) is 1. The molecular weight excluding hydrogens is 245 g/mol. The van der Waals surface area contributed by atoms with Gasteiger partial charge in [0.2, 0.25) is 0 Å². The summed E-state index contributed by atoms with van der Waals surface area (Å²) in [6, 6.07) is 5.55. The molecular formula is C15H22FNO2. The Kier molecular flexibility index (Phi) is 5.16. The molecule has 1 heterocycles. The molecule has 1 fully saturated rings. The van der Waals surface area contributed by atoms with Crippen molar-refractivity contribution in [2.24, 2.45) is 0 Å². The fourth-order valence-electron chi connectivity index (χ4n) is 2.79. The van der Waals surface area contributed by atoms with Crippen LogP contribution in [0, 0.1) is 5.82 Å². The molecule has 0 spiro atoms. The second kappa shape index (κ2) is 6.87. The van der Waals surface area contributed by atoms with Crippen LogP contribution in [0.25, 0.3) is 0 Å². The van der Waals surface area contributed by atoms with E-state index in [9.17, 15) is 4.39 Å². The molecule has 0 amide bonds. The lowest BCUT2D eigenvalue weighted by Gasteiger charge is -2.35. The maximum absolute atomic E-state index is 13.7. The van der Waals surface area contributed by atoms with Gasteiger partial charge in [0.1, 0.15) is 0 Å². The van der Waals surface area contributed by atoms with Crippen LogP contribution >= 0.6 is 0 Å². The SMILES string of the molecule is COc1ccc(CN2CCCCC2CCO)cc1F. The lowest BCUT2D eigenvalue weighted by molar-refractivity contribution is 0.112. The van der Waals surface area contributed by atoms with Crippen LogP contribution in [0.5, 0.6) is 5.75 Å². The highest BCUT2D eigenvalue weighted by Gasteiger charge is 2.22. The molecule has 1 atom stereocenters. The van der Waals surface area contributed by atoms with E-state index < -0.39 is 0 Å². The fourth-order valence-corrected chi connectivity index (χ4v) is 2.79. The summed E-state index contributed by atoms with van der Waals surface area (Å²) < 4.78 is 18.6. The van der Waals surface area contributed by atoms with Crippen molar-refractivity contribution in [1.29, 1.82) is 0 Å².